The Balaban J connectivity index is 1.97. The maximum atomic E-state index is 12.3. The quantitative estimate of drug-likeness (QED) is 0.842. The fourth-order valence-corrected chi connectivity index (χ4v) is 2.21. The molecule has 7 heteroatoms. The van der Waals surface area contributed by atoms with Gasteiger partial charge in [0.15, 0.2) is 0 Å². The predicted octanol–water partition coefficient (Wildman–Crippen LogP) is 0.501. The molecule has 1 aromatic heterocycles. The Morgan fingerprint density at radius 3 is 3.05 bits per heavy atom. The van der Waals surface area contributed by atoms with Crippen LogP contribution in [0.2, 0.25) is 0 Å². The van der Waals surface area contributed by atoms with Crippen molar-refractivity contribution in [2.75, 3.05) is 19.7 Å². The van der Waals surface area contributed by atoms with Crippen LogP contribution in [0.25, 0.3) is 0 Å². The number of carbonyl (C=O) groups is 2. The van der Waals surface area contributed by atoms with Crippen molar-refractivity contribution in [3.63, 3.8) is 0 Å². The molecule has 1 atom stereocenters. The third-order valence-corrected chi connectivity index (χ3v) is 3.26. The summed E-state index contributed by atoms with van der Waals surface area (Å²) < 4.78 is 4.77. The smallest absolute Gasteiger partial charge is 0.407 e. The summed E-state index contributed by atoms with van der Waals surface area (Å²) >= 11 is 0. The minimum Gasteiger partial charge on any atom is -0.450 e. The molecule has 2 heterocycles. The molecule has 0 aromatic carbocycles. The Morgan fingerprint density at radius 1 is 1.57 bits per heavy atom. The summed E-state index contributed by atoms with van der Waals surface area (Å²) in [4.78, 5) is 29.4. The average Bonchev–Trinajstić information content (AvgIpc) is 2.91. The van der Waals surface area contributed by atoms with Crippen LogP contribution in [0.5, 0.6) is 0 Å². The summed E-state index contributed by atoms with van der Waals surface area (Å²) in [5, 5.41) is 2.57. The lowest BCUT2D eigenvalue weighted by Gasteiger charge is -2.16. The van der Waals surface area contributed by atoms with Crippen LogP contribution < -0.4 is 11.1 Å². The number of rotatable bonds is 4. The van der Waals surface area contributed by atoms with E-state index in [1.807, 2.05) is 0 Å². The SMILES string of the molecule is CCOC(=O)NCc1cc(C(=O)N2CCC(N)C2)ccn1. The van der Waals surface area contributed by atoms with Crippen molar-refractivity contribution in [3.8, 4) is 0 Å². The van der Waals surface area contributed by atoms with Gasteiger partial charge in [0.1, 0.15) is 0 Å². The standard InChI is InChI=1S/C14H20N4O3/c1-2-21-14(20)17-8-12-7-10(3-5-16-12)13(19)18-6-4-11(15)9-18/h3,5,7,11H,2,4,6,8-9,15H2,1H3,(H,17,20). The van der Waals surface area contributed by atoms with E-state index in [1.165, 1.54) is 0 Å². The fourth-order valence-electron chi connectivity index (χ4n) is 2.21. The molecule has 1 saturated heterocycles. The van der Waals surface area contributed by atoms with Crippen molar-refractivity contribution in [2.45, 2.75) is 25.9 Å². The molecule has 2 amide bonds. The number of nitrogens with two attached hydrogens (primary N) is 1. The maximum absolute atomic E-state index is 12.3. The summed E-state index contributed by atoms with van der Waals surface area (Å²) in [6, 6.07) is 3.40. The van der Waals surface area contributed by atoms with Crippen LogP contribution in [0.15, 0.2) is 18.3 Å². The highest BCUT2D eigenvalue weighted by atomic mass is 16.5. The van der Waals surface area contributed by atoms with Gasteiger partial charge in [-0.15, -0.1) is 0 Å². The Labute approximate surface area is 123 Å². The zero-order valence-corrected chi connectivity index (χ0v) is 12.0. The molecule has 0 bridgehead atoms. The van der Waals surface area contributed by atoms with E-state index in [9.17, 15) is 9.59 Å². The molecule has 0 radical (unpaired) electrons. The van der Waals surface area contributed by atoms with Gasteiger partial charge in [-0.05, 0) is 25.5 Å². The molecule has 0 spiro atoms. The van der Waals surface area contributed by atoms with Gasteiger partial charge in [-0.3, -0.25) is 9.78 Å². The van der Waals surface area contributed by atoms with Gasteiger partial charge in [-0.25, -0.2) is 4.79 Å². The monoisotopic (exact) mass is 292 g/mol. The Kier molecular flexibility index (Phi) is 5.10. The number of amides is 2. The van der Waals surface area contributed by atoms with Gasteiger partial charge in [0.2, 0.25) is 0 Å². The highest BCUT2D eigenvalue weighted by Gasteiger charge is 2.24. The van der Waals surface area contributed by atoms with Gasteiger partial charge in [0.25, 0.3) is 5.91 Å². The molecule has 1 aliphatic rings. The molecule has 7 nitrogen and oxygen atoms in total. The molecule has 2 rings (SSSR count). The molecule has 0 aliphatic carbocycles. The fraction of sp³-hybridized carbons (Fsp3) is 0.500. The number of likely N-dealkylation sites (tertiary alicyclic amines) is 1. The number of carbonyl (C=O) groups excluding carboxylic acids is 2. The lowest BCUT2D eigenvalue weighted by Crippen LogP contribution is -2.32. The van der Waals surface area contributed by atoms with Crippen molar-refractivity contribution in [1.29, 1.82) is 0 Å². The van der Waals surface area contributed by atoms with Crippen LogP contribution in [-0.4, -0.2) is 47.6 Å². The minimum atomic E-state index is -0.499. The van der Waals surface area contributed by atoms with Crippen LogP contribution in [0.3, 0.4) is 0 Å². The van der Waals surface area contributed by atoms with Crippen LogP contribution in [0, 0.1) is 0 Å². The number of nitrogens with one attached hydrogen (secondary N) is 1. The maximum Gasteiger partial charge on any atom is 0.407 e. The van der Waals surface area contributed by atoms with Crippen molar-refractivity contribution in [1.82, 2.24) is 15.2 Å². The van der Waals surface area contributed by atoms with Crippen molar-refractivity contribution in [3.05, 3.63) is 29.6 Å². The van der Waals surface area contributed by atoms with E-state index in [2.05, 4.69) is 10.3 Å². The first-order valence-electron chi connectivity index (χ1n) is 7.00. The van der Waals surface area contributed by atoms with Gasteiger partial charge in [0, 0.05) is 30.9 Å². The summed E-state index contributed by atoms with van der Waals surface area (Å²) in [7, 11) is 0. The van der Waals surface area contributed by atoms with E-state index in [-0.39, 0.29) is 18.5 Å². The molecule has 1 unspecified atom stereocenters. The van der Waals surface area contributed by atoms with Crippen LogP contribution in [-0.2, 0) is 11.3 Å². The van der Waals surface area contributed by atoms with E-state index in [4.69, 9.17) is 10.5 Å². The van der Waals surface area contributed by atoms with Gasteiger partial charge in [-0.2, -0.15) is 0 Å². The zero-order valence-electron chi connectivity index (χ0n) is 12.0. The number of hydrogen-bond donors (Lipinski definition) is 2. The molecular formula is C14H20N4O3. The number of pyridine rings is 1. The molecule has 1 fully saturated rings. The van der Waals surface area contributed by atoms with Gasteiger partial charge >= 0.3 is 6.09 Å². The largest absolute Gasteiger partial charge is 0.450 e. The molecule has 21 heavy (non-hydrogen) atoms. The third-order valence-electron chi connectivity index (χ3n) is 3.26. The number of aromatic nitrogens is 1. The zero-order chi connectivity index (χ0) is 15.2. The first-order chi connectivity index (χ1) is 10.1. The van der Waals surface area contributed by atoms with Crippen molar-refractivity contribution in [2.24, 2.45) is 5.73 Å². The predicted molar refractivity (Wildman–Crippen MR) is 76.6 cm³/mol. The lowest BCUT2D eigenvalue weighted by atomic mass is 10.2. The Bertz CT molecular complexity index is 521. The molecule has 0 saturated carbocycles. The van der Waals surface area contributed by atoms with E-state index < -0.39 is 6.09 Å². The van der Waals surface area contributed by atoms with Crippen LogP contribution >= 0.6 is 0 Å². The Hall–Kier alpha value is -2.15. The highest BCUT2D eigenvalue weighted by molar-refractivity contribution is 5.94. The second-order valence-electron chi connectivity index (χ2n) is 4.91. The topological polar surface area (TPSA) is 97.5 Å². The van der Waals surface area contributed by atoms with Crippen LogP contribution in [0.1, 0.15) is 29.4 Å². The minimum absolute atomic E-state index is 0.0530. The van der Waals surface area contributed by atoms with E-state index in [1.54, 1.807) is 30.2 Å². The normalized spacial score (nSPS) is 17.6. The first kappa shape index (κ1) is 15.2. The van der Waals surface area contributed by atoms with E-state index in [0.29, 0.717) is 31.0 Å². The summed E-state index contributed by atoms with van der Waals surface area (Å²) in [6.45, 7) is 3.53. The van der Waals surface area contributed by atoms with Crippen molar-refractivity contribution < 1.29 is 14.3 Å². The summed E-state index contributed by atoms with van der Waals surface area (Å²) in [5.74, 6) is -0.0530. The van der Waals surface area contributed by atoms with Crippen LogP contribution in [0.4, 0.5) is 4.79 Å². The lowest BCUT2D eigenvalue weighted by molar-refractivity contribution is 0.0790. The third kappa shape index (κ3) is 4.16. The summed E-state index contributed by atoms with van der Waals surface area (Å²) in [5.41, 5.74) is 6.98. The Morgan fingerprint density at radius 2 is 2.38 bits per heavy atom. The number of ether oxygens (including phenoxy) is 1. The summed E-state index contributed by atoms with van der Waals surface area (Å²) in [6.07, 6.45) is 1.89. The molecule has 1 aliphatic heterocycles. The average molecular weight is 292 g/mol. The molecule has 1 aromatic rings. The van der Waals surface area contributed by atoms with Crippen molar-refractivity contribution >= 4 is 12.0 Å². The second kappa shape index (κ2) is 7.03. The molecule has 114 valence electrons. The molecule has 3 N–H and O–H groups in total. The number of alkyl carbamates (subject to hydrolysis) is 1. The number of hydrogen-bond acceptors (Lipinski definition) is 5. The van der Waals surface area contributed by atoms with E-state index >= 15 is 0 Å². The van der Waals surface area contributed by atoms with Gasteiger partial charge in [-0.1, -0.05) is 0 Å². The highest BCUT2D eigenvalue weighted by Crippen LogP contribution is 2.12. The molecular weight excluding hydrogens is 272 g/mol. The van der Waals surface area contributed by atoms with Gasteiger partial charge in [0.05, 0.1) is 18.8 Å². The second-order valence-corrected chi connectivity index (χ2v) is 4.91. The number of nitrogens with zero attached hydrogens (tertiary/aromatic N) is 2. The first-order valence-corrected chi connectivity index (χ1v) is 7.00. The van der Waals surface area contributed by atoms with E-state index in [0.717, 1.165) is 6.42 Å². The van der Waals surface area contributed by atoms with Gasteiger partial charge < -0.3 is 20.7 Å².